The maximum atomic E-state index is 11.0. The lowest BCUT2D eigenvalue weighted by atomic mass is 10.5. The van der Waals surface area contributed by atoms with E-state index in [0.717, 1.165) is 0 Å². The van der Waals surface area contributed by atoms with Gasteiger partial charge in [-0.05, 0) is 28.1 Å². The number of rotatable bonds is 1. The third kappa shape index (κ3) is 1.19. The van der Waals surface area contributed by atoms with Gasteiger partial charge in [-0.25, -0.2) is 0 Å². The van der Waals surface area contributed by atoms with Crippen molar-refractivity contribution in [2.75, 3.05) is 0 Å². The largest absolute Gasteiger partial charge is 0.291 e. The molecule has 0 saturated carbocycles. The Kier molecular flexibility index (Phi) is 2.06. The van der Waals surface area contributed by atoms with E-state index < -0.39 is 0 Å². The van der Waals surface area contributed by atoms with Crippen molar-refractivity contribution in [3.05, 3.63) is 39.7 Å². The predicted molar refractivity (Wildman–Crippen MR) is 44.8 cm³/mol. The minimum atomic E-state index is -0.0856. The molecule has 0 unspecified atom stereocenters. The van der Waals surface area contributed by atoms with E-state index in [0.29, 0.717) is 4.47 Å². The third-order valence-electron chi connectivity index (χ3n) is 1.12. The van der Waals surface area contributed by atoms with Crippen LogP contribution in [0.15, 0.2) is 34.2 Å². The summed E-state index contributed by atoms with van der Waals surface area (Å²) >= 11 is 3.11. The number of hydrogen-bond donors (Lipinski definition) is 0. The van der Waals surface area contributed by atoms with E-state index in [4.69, 9.17) is 0 Å². The molecule has 0 spiro atoms. The second-order valence-corrected chi connectivity index (χ2v) is 2.61. The van der Waals surface area contributed by atoms with E-state index in [1.165, 1.54) is 10.8 Å². The summed E-state index contributed by atoms with van der Waals surface area (Å²) in [6.07, 6.45) is 3.12. The van der Waals surface area contributed by atoms with Gasteiger partial charge in [0.25, 0.3) is 5.56 Å². The maximum absolute atomic E-state index is 11.0. The van der Waals surface area contributed by atoms with Gasteiger partial charge in [-0.2, -0.15) is 0 Å². The van der Waals surface area contributed by atoms with E-state index in [1.54, 1.807) is 18.3 Å². The summed E-state index contributed by atoms with van der Waals surface area (Å²) < 4.78 is 1.96. The molecule has 0 bridgehead atoms. The average molecular weight is 200 g/mol. The Balaban J connectivity index is 3.42. The lowest BCUT2D eigenvalue weighted by Crippen LogP contribution is -2.13. The Morgan fingerprint density at radius 3 is 2.90 bits per heavy atom. The fourth-order valence-electron chi connectivity index (χ4n) is 0.626. The van der Waals surface area contributed by atoms with Crippen LogP contribution in [0, 0.1) is 0 Å². The van der Waals surface area contributed by atoms with Crippen molar-refractivity contribution >= 4 is 22.1 Å². The van der Waals surface area contributed by atoms with Gasteiger partial charge in [0.15, 0.2) is 0 Å². The molecule has 0 fully saturated rings. The van der Waals surface area contributed by atoms with Crippen LogP contribution >= 0.6 is 15.9 Å². The highest BCUT2D eigenvalue weighted by Crippen LogP contribution is 1.99. The molecule has 0 saturated heterocycles. The molecule has 1 rings (SSSR count). The van der Waals surface area contributed by atoms with Gasteiger partial charge in [0.2, 0.25) is 0 Å². The molecule has 0 radical (unpaired) electrons. The van der Waals surface area contributed by atoms with Crippen molar-refractivity contribution in [2.45, 2.75) is 0 Å². The van der Waals surface area contributed by atoms with Crippen molar-refractivity contribution in [1.29, 1.82) is 0 Å². The van der Waals surface area contributed by atoms with Crippen LogP contribution in [0.1, 0.15) is 0 Å². The summed E-state index contributed by atoms with van der Waals surface area (Å²) in [6, 6.07) is 3.47. The van der Waals surface area contributed by atoms with Crippen LogP contribution < -0.4 is 5.56 Å². The number of halogens is 1. The highest BCUT2D eigenvalue weighted by molar-refractivity contribution is 9.10. The molecule has 10 heavy (non-hydrogen) atoms. The Bertz CT molecular complexity index is 303. The van der Waals surface area contributed by atoms with Crippen molar-refractivity contribution in [2.24, 2.45) is 0 Å². The molecular weight excluding hydrogens is 194 g/mol. The summed E-state index contributed by atoms with van der Waals surface area (Å²) in [7, 11) is 0. The first-order chi connectivity index (χ1) is 4.75. The van der Waals surface area contributed by atoms with Gasteiger partial charge in [0.1, 0.15) is 0 Å². The summed E-state index contributed by atoms with van der Waals surface area (Å²) in [5.41, 5.74) is -0.0856. The van der Waals surface area contributed by atoms with Crippen LogP contribution in [0.5, 0.6) is 0 Å². The fourth-order valence-corrected chi connectivity index (χ4v) is 0.984. The van der Waals surface area contributed by atoms with Gasteiger partial charge in [-0.1, -0.05) is 6.58 Å². The van der Waals surface area contributed by atoms with Crippen molar-refractivity contribution < 1.29 is 0 Å². The number of nitrogens with zero attached hydrogens (tertiary/aromatic N) is 1. The molecule has 2 nitrogen and oxygen atoms in total. The van der Waals surface area contributed by atoms with Crippen LogP contribution in [-0.2, 0) is 0 Å². The molecule has 0 aliphatic rings. The van der Waals surface area contributed by atoms with E-state index in [1.807, 2.05) is 0 Å². The molecule has 0 atom stereocenters. The Hall–Kier alpha value is -0.830. The second-order valence-electron chi connectivity index (χ2n) is 1.75. The zero-order valence-corrected chi connectivity index (χ0v) is 6.84. The number of aromatic nitrogens is 1. The molecule has 3 heteroatoms. The fraction of sp³-hybridized carbons (Fsp3) is 0. The highest BCUT2D eigenvalue weighted by Gasteiger charge is 1.93. The average Bonchev–Trinajstić information content (AvgIpc) is 1.95. The smallest absolute Gasteiger partial charge is 0.268 e. The van der Waals surface area contributed by atoms with Gasteiger partial charge in [-0.3, -0.25) is 9.36 Å². The summed E-state index contributed by atoms with van der Waals surface area (Å²) in [6.45, 7) is 3.48. The van der Waals surface area contributed by atoms with Crippen molar-refractivity contribution in [1.82, 2.24) is 4.57 Å². The van der Waals surface area contributed by atoms with E-state index in [9.17, 15) is 4.79 Å². The first-order valence-corrected chi connectivity index (χ1v) is 3.54. The molecule has 0 aliphatic carbocycles. The second kappa shape index (κ2) is 2.84. The zero-order valence-electron chi connectivity index (χ0n) is 5.25. The van der Waals surface area contributed by atoms with Crippen molar-refractivity contribution in [3.8, 4) is 0 Å². The monoisotopic (exact) mass is 199 g/mol. The SMILES string of the molecule is C=Cn1cccc(Br)c1=O. The molecule has 1 heterocycles. The Morgan fingerprint density at radius 2 is 2.40 bits per heavy atom. The van der Waals surface area contributed by atoms with Gasteiger partial charge < -0.3 is 0 Å². The number of pyridine rings is 1. The van der Waals surface area contributed by atoms with Crippen LogP contribution in [0.25, 0.3) is 6.20 Å². The number of hydrogen-bond acceptors (Lipinski definition) is 1. The molecule has 1 aromatic heterocycles. The summed E-state index contributed by atoms with van der Waals surface area (Å²) in [4.78, 5) is 11.0. The standard InChI is InChI=1S/C7H6BrNO/c1-2-9-5-3-4-6(8)7(9)10/h2-5H,1H2. The summed E-state index contributed by atoms with van der Waals surface area (Å²) in [5, 5.41) is 0. The highest BCUT2D eigenvalue weighted by atomic mass is 79.9. The molecule has 0 aromatic carbocycles. The minimum Gasteiger partial charge on any atom is -0.291 e. The minimum absolute atomic E-state index is 0.0856. The normalized spacial score (nSPS) is 9.30. The van der Waals surface area contributed by atoms with Gasteiger partial charge in [-0.15, -0.1) is 0 Å². The van der Waals surface area contributed by atoms with E-state index in [-0.39, 0.29) is 5.56 Å². The Morgan fingerprint density at radius 1 is 1.70 bits per heavy atom. The zero-order chi connectivity index (χ0) is 7.56. The summed E-state index contributed by atoms with van der Waals surface area (Å²) in [5.74, 6) is 0. The lowest BCUT2D eigenvalue weighted by Gasteiger charge is -1.95. The quantitative estimate of drug-likeness (QED) is 0.676. The van der Waals surface area contributed by atoms with Crippen LogP contribution in [0.3, 0.4) is 0 Å². The topological polar surface area (TPSA) is 22.0 Å². The molecule has 0 aliphatic heterocycles. The van der Waals surface area contributed by atoms with E-state index >= 15 is 0 Å². The third-order valence-corrected chi connectivity index (χ3v) is 1.73. The predicted octanol–water partition coefficient (Wildman–Crippen LogP) is 1.71. The molecule has 1 aromatic rings. The molecule has 52 valence electrons. The maximum Gasteiger partial charge on any atom is 0.268 e. The first kappa shape index (κ1) is 7.28. The van der Waals surface area contributed by atoms with E-state index in [2.05, 4.69) is 22.5 Å². The first-order valence-electron chi connectivity index (χ1n) is 2.75. The van der Waals surface area contributed by atoms with Crippen LogP contribution in [0.4, 0.5) is 0 Å². The van der Waals surface area contributed by atoms with Crippen LogP contribution in [0.2, 0.25) is 0 Å². The molecular formula is C7H6BrNO. The van der Waals surface area contributed by atoms with Crippen LogP contribution in [-0.4, -0.2) is 4.57 Å². The van der Waals surface area contributed by atoms with Gasteiger partial charge >= 0.3 is 0 Å². The lowest BCUT2D eigenvalue weighted by molar-refractivity contribution is 1.05. The Labute approximate surface area is 66.9 Å². The van der Waals surface area contributed by atoms with Crippen molar-refractivity contribution in [3.63, 3.8) is 0 Å². The molecule has 0 N–H and O–H groups in total. The van der Waals surface area contributed by atoms with Gasteiger partial charge in [0, 0.05) is 12.4 Å². The van der Waals surface area contributed by atoms with Gasteiger partial charge in [0.05, 0.1) is 4.47 Å². The molecule has 0 amide bonds.